The number of anilines is 1. The second-order valence-corrected chi connectivity index (χ2v) is 5.12. The number of morpholine rings is 1. The Morgan fingerprint density at radius 2 is 2.00 bits per heavy atom. The molecular weight excluding hydrogens is 256 g/mol. The minimum absolute atomic E-state index is 0.201. The topological polar surface area (TPSA) is 50.8 Å². The third kappa shape index (κ3) is 3.63. The Morgan fingerprint density at radius 1 is 1.35 bits per heavy atom. The fourth-order valence-electron chi connectivity index (χ4n) is 2.53. The summed E-state index contributed by atoms with van der Waals surface area (Å²) in [5.74, 6) is 0. The van der Waals surface area contributed by atoms with Gasteiger partial charge in [-0.05, 0) is 19.9 Å². The van der Waals surface area contributed by atoms with Gasteiger partial charge in [-0.2, -0.15) is 0 Å². The van der Waals surface area contributed by atoms with Crippen molar-refractivity contribution in [2.24, 2.45) is 0 Å². The van der Waals surface area contributed by atoms with E-state index in [0.29, 0.717) is 0 Å². The molecule has 1 aliphatic heterocycles. The van der Waals surface area contributed by atoms with Crippen molar-refractivity contribution in [1.29, 1.82) is 0 Å². The molecule has 1 aromatic carbocycles. The maximum absolute atomic E-state index is 11.2. The lowest BCUT2D eigenvalue weighted by Gasteiger charge is -2.37. The maximum Gasteiger partial charge on any atom is 0.407 e. The SMILES string of the molecule is CNC(=O)OCc1ccccc1N1C[C@@H](C)O[C@@H](C)C1. The number of carbonyl (C=O) groups is 1. The molecule has 0 aliphatic carbocycles. The van der Waals surface area contributed by atoms with Crippen LogP contribution < -0.4 is 10.2 Å². The monoisotopic (exact) mass is 278 g/mol. The number of carbonyl (C=O) groups excluding carboxylic acids is 1. The molecule has 0 aromatic heterocycles. The average molecular weight is 278 g/mol. The maximum atomic E-state index is 11.2. The Bertz CT molecular complexity index is 454. The van der Waals surface area contributed by atoms with Crippen LogP contribution in [0.4, 0.5) is 10.5 Å². The fourth-order valence-corrected chi connectivity index (χ4v) is 2.53. The second-order valence-electron chi connectivity index (χ2n) is 5.12. The molecule has 1 amide bonds. The van der Waals surface area contributed by atoms with Crippen LogP contribution in [0.1, 0.15) is 19.4 Å². The van der Waals surface area contributed by atoms with Gasteiger partial charge in [0.05, 0.1) is 12.2 Å². The van der Waals surface area contributed by atoms with Crippen molar-refractivity contribution in [1.82, 2.24) is 5.32 Å². The largest absolute Gasteiger partial charge is 0.445 e. The van der Waals surface area contributed by atoms with Crippen molar-refractivity contribution in [3.8, 4) is 0 Å². The number of rotatable bonds is 3. The molecule has 1 fully saturated rings. The zero-order valence-corrected chi connectivity index (χ0v) is 12.3. The molecule has 0 spiro atoms. The van der Waals surface area contributed by atoms with Crippen molar-refractivity contribution in [3.05, 3.63) is 29.8 Å². The highest BCUT2D eigenvalue weighted by Gasteiger charge is 2.23. The van der Waals surface area contributed by atoms with Crippen LogP contribution in [-0.4, -0.2) is 38.4 Å². The van der Waals surface area contributed by atoms with Crippen LogP contribution in [0.2, 0.25) is 0 Å². The molecule has 2 atom stereocenters. The second kappa shape index (κ2) is 6.61. The van der Waals surface area contributed by atoms with Gasteiger partial charge >= 0.3 is 6.09 Å². The number of hydrogen-bond donors (Lipinski definition) is 1. The molecule has 1 heterocycles. The van der Waals surface area contributed by atoms with Crippen LogP contribution in [0.25, 0.3) is 0 Å². The smallest absolute Gasteiger partial charge is 0.407 e. The summed E-state index contributed by atoms with van der Waals surface area (Å²) in [7, 11) is 1.56. The van der Waals surface area contributed by atoms with Gasteiger partial charge in [0, 0.05) is 31.4 Å². The van der Waals surface area contributed by atoms with Crippen LogP contribution in [0.5, 0.6) is 0 Å². The predicted molar refractivity (Wildman–Crippen MR) is 77.9 cm³/mol. The summed E-state index contributed by atoms with van der Waals surface area (Å²) in [6, 6.07) is 8.01. The van der Waals surface area contributed by atoms with Gasteiger partial charge in [-0.25, -0.2) is 4.79 Å². The summed E-state index contributed by atoms with van der Waals surface area (Å²) in [6.45, 7) is 6.12. The first-order valence-corrected chi connectivity index (χ1v) is 6.93. The summed E-state index contributed by atoms with van der Waals surface area (Å²) in [5, 5.41) is 2.45. The first-order chi connectivity index (χ1) is 9.60. The molecule has 5 nitrogen and oxygen atoms in total. The first kappa shape index (κ1) is 14.7. The molecule has 20 heavy (non-hydrogen) atoms. The Morgan fingerprint density at radius 3 is 2.65 bits per heavy atom. The Hall–Kier alpha value is -1.75. The van der Waals surface area contributed by atoms with Gasteiger partial charge in [0.2, 0.25) is 0 Å². The van der Waals surface area contributed by atoms with Gasteiger partial charge in [0.15, 0.2) is 0 Å². The normalized spacial score (nSPS) is 22.4. The Kier molecular flexibility index (Phi) is 4.84. The molecule has 2 rings (SSSR count). The molecule has 1 aliphatic rings. The number of nitrogens with one attached hydrogen (secondary N) is 1. The van der Waals surface area contributed by atoms with Crippen molar-refractivity contribution < 1.29 is 14.3 Å². The first-order valence-electron chi connectivity index (χ1n) is 6.93. The lowest BCUT2D eigenvalue weighted by molar-refractivity contribution is -0.00533. The highest BCUT2D eigenvalue weighted by Crippen LogP contribution is 2.25. The third-order valence-corrected chi connectivity index (χ3v) is 3.31. The number of ether oxygens (including phenoxy) is 2. The zero-order chi connectivity index (χ0) is 14.5. The van der Waals surface area contributed by atoms with E-state index < -0.39 is 6.09 Å². The van der Waals surface area contributed by atoms with E-state index in [1.807, 2.05) is 18.2 Å². The molecular formula is C15H22N2O3. The standard InChI is InChI=1S/C15H22N2O3/c1-11-8-17(9-12(2)20-11)14-7-5-4-6-13(14)10-19-15(18)16-3/h4-7,11-12H,8-10H2,1-3H3,(H,16,18)/t11-,12+. The molecule has 0 radical (unpaired) electrons. The highest BCUT2D eigenvalue weighted by molar-refractivity contribution is 5.67. The van der Waals surface area contributed by atoms with E-state index in [9.17, 15) is 4.79 Å². The third-order valence-electron chi connectivity index (χ3n) is 3.31. The minimum atomic E-state index is -0.413. The van der Waals surface area contributed by atoms with Crippen LogP contribution in [-0.2, 0) is 16.1 Å². The zero-order valence-electron chi connectivity index (χ0n) is 12.3. The molecule has 0 saturated carbocycles. The predicted octanol–water partition coefficient (Wildman–Crippen LogP) is 2.16. The van der Waals surface area contributed by atoms with Gasteiger partial charge in [0.25, 0.3) is 0 Å². The van der Waals surface area contributed by atoms with E-state index in [1.54, 1.807) is 7.05 Å². The van der Waals surface area contributed by atoms with E-state index >= 15 is 0 Å². The van der Waals surface area contributed by atoms with Gasteiger partial charge in [-0.1, -0.05) is 18.2 Å². The Labute approximate surface area is 119 Å². The summed E-state index contributed by atoms with van der Waals surface area (Å²) in [5.41, 5.74) is 2.12. The van der Waals surface area contributed by atoms with Crippen molar-refractivity contribution >= 4 is 11.8 Å². The van der Waals surface area contributed by atoms with Crippen molar-refractivity contribution in [2.75, 3.05) is 25.0 Å². The number of benzene rings is 1. The molecule has 5 heteroatoms. The van der Waals surface area contributed by atoms with Gasteiger partial charge in [-0.15, -0.1) is 0 Å². The van der Waals surface area contributed by atoms with Crippen molar-refractivity contribution in [3.63, 3.8) is 0 Å². The number of amides is 1. The summed E-state index contributed by atoms with van der Waals surface area (Å²) in [6.07, 6.45) is -0.0122. The molecule has 0 bridgehead atoms. The van der Waals surface area contributed by atoms with Gasteiger partial charge in [-0.3, -0.25) is 0 Å². The quantitative estimate of drug-likeness (QED) is 0.920. The highest BCUT2D eigenvalue weighted by atomic mass is 16.5. The lowest BCUT2D eigenvalue weighted by Crippen LogP contribution is -2.45. The molecule has 0 unspecified atom stereocenters. The fraction of sp³-hybridized carbons (Fsp3) is 0.533. The van der Waals surface area contributed by atoms with Gasteiger partial charge in [0.1, 0.15) is 6.61 Å². The lowest BCUT2D eigenvalue weighted by atomic mass is 10.1. The number of alkyl carbamates (subject to hydrolysis) is 1. The molecule has 1 N–H and O–H groups in total. The minimum Gasteiger partial charge on any atom is -0.445 e. The van der Waals surface area contributed by atoms with Gasteiger partial charge < -0.3 is 19.7 Å². The number of para-hydroxylation sites is 1. The van der Waals surface area contributed by atoms with Crippen LogP contribution in [0.3, 0.4) is 0 Å². The summed E-state index contributed by atoms with van der Waals surface area (Å²) >= 11 is 0. The number of hydrogen-bond acceptors (Lipinski definition) is 4. The number of nitrogens with zero attached hydrogens (tertiary/aromatic N) is 1. The average Bonchev–Trinajstić information content (AvgIpc) is 2.44. The molecule has 1 saturated heterocycles. The molecule has 110 valence electrons. The van der Waals surface area contributed by atoms with E-state index in [2.05, 4.69) is 30.1 Å². The van der Waals surface area contributed by atoms with E-state index in [4.69, 9.17) is 9.47 Å². The van der Waals surface area contributed by atoms with E-state index in [0.717, 1.165) is 24.3 Å². The van der Waals surface area contributed by atoms with Crippen molar-refractivity contribution in [2.45, 2.75) is 32.7 Å². The molecule has 1 aromatic rings. The Balaban J connectivity index is 2.12. The summed E-state index contributed by atoms with van der Waals surface area (Å²) in [4.78, 5) is 13.5. The van der Waals surface area contributed by atoms with E-state index in [1.165, 1.54) is 0 Å². The van der Waals surface area contributed by atoms with Crippen LogP contribution >= 0.6 is 0 Å². The summed E-state index contributed by atoms with van der Waals surface area (Å²) < 4.78 is 10.9. The van der Waals surface area contributed by atoms with Crippen LogP contribution in [0.15, 0.2) is 24.3 Å². The van der Waals surface area contributed by atoms with Crippen LogP contribution in [0, 0.1) is 0 Å². The van der Waals surface area contributed by atoms with E-state index in [-0.39, 0.29) is 18.8 Å².